The van der Waals surface area contributed by atoms with Gasteiger partial charge in [-0.1, -0.05) is 19.1 Å². The Morgan fingerprint density at radius 1 is 1.35 bits per heavy atom. The summed E-state index contributed by atoms with van der Waals surface area (Å²) in [5, 5.41) is 14.4. The van der Waals surface area contributed by atoms with Crippen LogP contribution in [0.4, 0.5) is 0 Å². The second-order valence-electron chi connectivity index (χ2n) is 4.95. The van der Waals surface area contributed by atoms with Gasteiger partial charge in [0.1, 0.15) is 5.75 Å². The van der Waals surface area contributed by atoms with Crippen LogP contribution in [0.25, 0.3) is 0 Å². The number of hydrogen-bond acceptors (Lipinski definition) is 3. The molecule has 20 heavy (non-hydrogen) atoms. The van der Waals surface area contributed by atoms with Crippen LogP contribution in [0, 0.1) is 6.92 Å². The lowest BCUT2D eigenvalue weighted by atomic mass is 10.2. The lowest BCUT2D eigenvalue weighted by molar-refractivity contribution is 0.131. The Morgan fingerprint density at radius 2 is 2.20 bits per heavy atom. The van der Waals surface area contributed by atoms with E-state index in [0.717, 1.165) is 24.4 Å². The number of ether oxygens (including phenoxy) is 1. The van der Waals surface area contributed by atoms with Crippen molar-refractivity contribution in [1.29, 1.82) is 0 Å². The number of aromatic nitrogens is 2. The lowest BCUT2D eigenvalue weighted by Crippen LogP contribution is -2.12. The molecule has 1 aromatic carbocycles. The maximum atomic E-state index is 10.2. The van der Waals surface area contributed by atoms with Crippen LogP contribution in [0.3, 0.4) is 0 Å². The van der Waals surface area contributed by atoms with Crippen molar-refractivity contribution in [3.05, 3.63) is 47.8 Å². The quantitative estimate of drug-likeness (QED) is 0.844. The predicted octanol–water partition coefficient (Wildman–Crippen LogP) is 3.10. The Hall–Kier alpha value is -1.81. The fourth-order valence-corrected chi connectivity index (χ4v) is 2.17. The molecular formula is C16H22N2O2. The molecule has 0 spiro atoms. The fraction of sp³-hybridized carbons (Fsp3) is 0.438. The van der Waals surface area contributed by atoms with E-state index in [4.69, 9.17) is 4.74 Å². The molecule has 0 bridgehead atoms. The summed E-state index contributed by atoms with van der Waals surface area (Å²) in [7, 11) is 0. The minimum atomic E-state index is -0.533. The first-order chi connectivity index (χ1) is 9.70. The molecule has 0 saturated carbocycles. The van der Waals surface area contributed by atoms with Crippen LogP contribution < -0.4 is 4.74 Å². The summed E-state index contributed by atoms with van der Waals surface area (Å²) in [4.78, 5) is 0. The Kier molecular flexibility index (Phi) is 5.18. The molecule has 1 atom stereocenters. The topological polar surface area (TPSA) is 47.3 Å². The number of aliphatic hydroxyl groups excluding tert-OH is 1. The fourth-order valence-electron chi connectivity index (χ4n) is 2.17. The van der Waals surface area contributed by atoms with Crippen molar-refractivity contribution < 1.29 is 9.84 Å². The summed E-state index contributed by atoms with van der Waals surface area (Å²) in [6.45, 7) is 5.45. The standard InChI is InChI=1S/C16H22N2O2/c1-3-10-18-15(7-9-17-18)16(19)8-11-20-14-6-4-5-13(2)12-14/h4-7,9,12,16,19H,3,8,10-11H2,1-2H3. The van der Waals surface area contributed by atoms with Crippen LogP contribution in [-0.4, -0.2) is 21.5 Å². The predicted molar refractivity (Wildman–Crippen MR) is 78.8 cm³/mol. The van der Waals surface area contributed by atoms with Crippen molar-refractivity contribution in [2.75, 3.05) is 6.61 Å². The summed E-state index contributed by atoms with van der Waals surface area (Å²) in [5.74, 6) is 0.847. The van der Waals surface area contributed by atoms with Crippen LogP contribution in [0.2, 0.25) is 0 Å². The average molecular weight is 274 g/mol. The second-order valence-corrected chi connectivity index (χ2v) is 4.95. The largest absolute Gasteiger partial charge is 0.493 e. The molecule has 4 heteroatoms. The van der Waals surface area contributed by atoms with Gasteiger partial charge in [0.05, 0.1) is 18.4 Å². The van der Waals surface area contributed by atoms with Crippen LogP contribution in [0.15, 0.2) is 36.5 Å². The van der Waals surface area contributed by atoms with E-state index in [1.54, 1.807) is 6.20 Å². The maximum Gasteiger partial charge on any atom is 0.119 e. The zero-order chi connectivity index (χ0) is 14.4. The third kappa shape index (κ3) is 3.84. The average Bonchev–Trinajstić information content (AvgIpc) is 2.87. The van der Waals surface area contributed by atoms with E-state index in [-0.39, 0.29) is 0 Å². The third-order valence-electron chi connectivity index (χ3n) is 3.18. The van der Waals surface area contributed by atoms with E-state index in [9.17, 15) is 5.11 Å². The van der Waals surface area contributed by atoms with E-state index >= 15 is 0 Å². The highest BCUT2D eigenvalue weighted by molar-refractivity contribution is 5.27. The first-order valence-corrected chi connectivity index (χ1v) is 7.10. The van der Waals surface area contributed by atoms with Crippen molar-refractivity contribution >= 4 is 0 Å². The maximum absolute atomic E-state index is 10.2. The van der Waals surface area contributed by atoms with E-state index in [0.29, 0.717) is 13.0 Å². The first kappa shape index (κ1) is 14.6. The minimum absolute atomic E-state index is 0.488. The lowest BCUT2D eigenvalue weighted by Gasteiger charge is -2.13. The Morgan fingerprint density at radius 3 is 2.95 bits per heavy atom. The van der Waals surface area contributed by atoms with Crippen molar-refractivity contribution in [2.24, 2.45) is 0 Å². The third-order valence-corrected chi connectivity index (χ3v) is 3.18. The molecule has 0 radical (unpaired) electrons. The molecule has 0 amide bonds. The Bertz CT molecular complexity index is 537. The Balaban J connectivity index is 1.85. The molecule has 0 saturated heterocycles. The SMILES string of the molecule is CCCn1nccc1C(O)CCOc1cccc(C)c1. The number of aryl methyl sites for hydroxylation is 2. The molecule has 0 aliphatic carbocycles. The van der Waals surface area contributed by atoms with Crippen molar-refractivity contribution in [3.8, 4) is 5.75 Å². The summed E-state index contributed by atoms with van der Waals surface area (Å²) < 4.78 is 7.52. The van der Waals surface area contributed by atoms with Crippen LogP contribution >= 0.6 is 0 Å². The Labute approximate surface area is 120 Å². The molecular weight excluding hydrogens is 252 g/mol. The molecule has 1 heterocycles. The van der Waals surface area contributed by atoms with Gasteiger partial charge in [0.25, 0.3) is 0 Å². The van der Waals surface area contributed by atoms with Gasteiger partial charge < -0.3 is 9.84 Å². The first-order valence-electron chi connectivity index (χ1n) is 7.10. The van der Waals surface area contributed by atoms with Gasteiger partial charge in [-0.05, 0) is 37.1 Å². The van der Waals surface area contributed by atoms with Crippen molar-refractivity contribution in [3.63, 3.8) is 0 Å². The molecule has 1 N–H and O–H groups in total. The summed E-state index contributed by atoms with van der Waals surface area (Å²) in [5.41, 5.74) is 2.03. The number of aliphatic hydroxyl groups is 1. The van der Waals surface area contributed by atoms with Crippen molar-refractivity contribution in [2.45, 2.75) is 39.3 Å². The number of benzene rings is 1. The van der Waals surface area contributed by atoms with Gasteiger partial charge in [-0.3, -0.25) is 4.68 Å². The molecule has 0 aliphatic heterocycles. The number of nitrogens with zero attached hydrogens (tertiary/aromatic N) is 2. The van der Waals surface area contributed by atoms with Gasteiger partial charge in [0.2, 0.25) is 0 Å². The van der Waals surface area contributed by atoms with E-state index in [1.165, 1.54) is 5.56 Å². The zero-order valence-corrected chi connectivity index (χ0v) is 12.1. The van der Waals surface area contributed by atoms with Gasteiger partial charge in [0.15, 0.2) is 0 Å². The van der Waals surface area contributed by atoms with Crippen molar-refractivity contribution in [1.82, 2.24) is 9.78 Å². The van der Waals surface area contributed by atoms with Crippen LogP contribution in [0.5, 0.6) is 5.75 Å². The van der Waals surface area contributed by atoms with E-state index in [2.05, 4.69) is 12.0 Å². The number of hydrogen-bond donors (Lipinski definition) is 1. The summed E-state index contributed by atoms with van der Waals surface area (Å²) in [6.07, 6.45) is 2.76. The van der Waals surface area contributed by atoms with Crippen LogP contribution in [0.1, 0.15) is 37.1 Å². The summed E-state index contributed by atoms with van der Waals surface area (Å²) >= 11 is 0. The monoisotopic (exact) mass is 274 g/mol. The minimum Gasteiger partial charge on any atom is -0.493 e. The van der Waals surface area contributed by atoms with Gasteiger partial charge in [-0.25, -0.2) is 0 Å². The smallest absolute Gasteiger partial charge is 0.119 e. The molecule has 1 aromatic heterocycles. The molecule has 4 nitrogen and oxygen atoms in total. The summed E-state index contributed by atoms with van der Waals surface area (Å²) in [6, 6.07) is 9.80. The molecule has 108 valence electrons. The van der Waals surface area contributed by atoms with E-state index in [1.807, 2.05) is 41.9 Å². The normalized spacial score (nSPS) is 12.3. The highest BCUT2D eigenvalue weighted by atomic mass is 16.5. The van der Waals surface area contributed by atoms with E-state index < -0.39 is 6.10 Å². The molecule has 0 fully saturated rings. The van der Waals surface area contributed by atoms with Gasteiger partial charge in [-0.15, -0.1) is 0 Å². The zero-order valence-electron chi connectivity index (χ0n) is 12.1. The van der Waals surface area contributed by atoms with Crippen LogP contribution in [-0.2, 0) is 6.54 Å². The molecule has 2 rings (SSSR count). The molecule has 1 unspecified atom stereocenters. The molecule has 2 aromatic rings. The second kappa shape index (κ2) is 7.10. The van der Waals surface area contributed by atoms with Gasteiger partial charge in [0, 0.05) is 19.2 Å². The van der Waals surface area contributed by atoms with Gasteiger partial charge >= 0.3 is 0 Å². The van der Waals surface area contributed by atoms with Gasteiger partial charge in [-0.2, -0.15) is 5.10 Å². The number of rotatable bonds is 7. The molecule has 0 aliphatic rings. The highest BCUT2D eigenvalue weighted by Gasteiger charge is 2.12. The highest BCUT2D eigenvalue weighted by Crippen LogP contribution is 2.18.